The molecule has 0 aliphatic heterocycles. The zero-order valence-corrected chi connectivity index (χ0v) is 22.1. The second-order valence-corrected chi connectivity index (χ2v) is 9.49. The van der Waals surface area contributed by atoms with Crippen molar-refractivity contribution in [1.82, 2.24) is 29.9 Å². The van der Waals surface area contributed by atoms with Gasteiger partial charge < -0.3 is 10.6 Å². The van der Waals surface area contributed by atoms with Crippen LogP contribution in [0.5, 0.6) is 0 Å². The Morgan fingerprint density at radius 2 is 1.81 bits per heavy atom. The van der Waals surface area contributed by atoms with Crippen LogP contribution in [0.1, 0.15) is 22.9 Å². The van der Waals surface area contributed by atoms with Gasteiger partial charge in [-0.3, -0.25) is 9.97 Å². The Hall–Kier alpha value is -5.54. The molecule has 2 N–H and O–H groups in total. The molecule has 2 aromatic carbocycles. The van der Waals surface area contributed by atoms with Gasteiger partial charge in [-0.2, -0.15) is 9.65 Å². The smallest absolute Gasteiger partial charge is 0.249 e. The molecule has 0 unspecified atom stereocenters. The van der Waals surface area contributed by atoms with Gasteiger partial charge in [-0.05, 0) is 42.0 Å². The van der Waals surface area contributed by atoms with Crippen LogP contribution in [-0.4, -0.2) is 29.9 Å². The molecule has 0 amide bonds. The van der Waals surface area contributed by atoms with Crippen molar-refractivity contribution in [3.05, 3.63) is 125 Å². The molecule has 13 heteroatoms. The maximum absolute atomic E-state index is 13.9. The Morgan fingerprint density at radius 3 is 2.55 bits per heavy atom. The average molecular weight is 584 g/mol. The number of anilines is 3. The fraction of sp³-hybridized carbons (Fsp3) is 0.0345. The molecule has 206 valence electrons. The minimum atomic E-state index is -1.25. The molecule has 0 spiro atoms. The van der Waals surface area contributed by atoms with E-state index in [-0.39, 0.29) is 16.9 Å². The highest BCUT2D eigenvalue weighted by molar-refractivity contribution is 6.32. The number of aromatic nitrogens is 6. The van der Waals surface area contributed by atoms with Crippen LogP contribution in [-0.2, 0) is 0 Å². The van der Waals surface area contributed by atoms with E-state index >= 15 is 0 Å². The van der Waals surface area contributed by atoms with Gasteiger partial charge in [0.2, 0.25) is 5.95 Å². The highest BCUT2D eigenvalue weighted by Crippen LogP contribution is 2.37. The van der Waals surface area contributed by atoms with Gasteiger partial charge in [-0.25, -0.2) is 18.4 Å². The van der Waals surface area contributed by atoms with Crippen LogP contribution in [0.4, 0.5) is 30.2 Å². The number of halogens is 4. The summed E-state index contributed by atoms with van der Waals surface area (Å²) in [5.74, 6) is -2.81. The van der Waals surface area contributed by atoms with Crippen molar-refractivity contribution in [3.63, 3.8) is 0 Å². The van der Waals surface area contributed by atoms with Crippen molar-refractivity contribution in [1.29, 1.82) is 5.26 Å². The Kier molecular flexibility index (Phi) is 7.08. The number of hydrogen-bond donors (Lipinski definition) is 2. The summed E-state index contributed by atoms with van der Waals surface area (Å²) in [6.07, 6.45) is 7.45. The monoisotopic (exact) mass is 583 g/mol. The number of nitrogens with one attached hydrogen (secondary N) is 2. The molecule has 6 aromatic rings. The Labute approximate surface area is 241 Å². The molecule has 0 fully saturated rings. The van der Waals surface area contributed by atoms with Gasteiger partial charge in [0, 0.05) is 28.9 Å². The van der Waals surface area contributed by atoms with E-state index in [4.69, 9.17) is 11.6 Å². The number of pyridine rings is 3. The highest BCUT2D eigenvalue weighted by atomic mass is 35.5. The van der Waals surface area contributed by atoms with Gasteiger partial charge in [0.15, 0.2) is 5.82 Å². The number of fused-ring (bicyclic) bond motifs is 1. The molecule has 6 rings (SSSR count). The average Bonchev–Trinajstić information content (AvgIpc) is 3.49. The molecule has 0 radical (unpaired) electrons. The summed E-state index contributed by atoms with van der Waals surface area (Å²) in [7, 11) is 0. The van der Waals surface area contributed by atoms with Crippen molar-refractivity contribution in [2.24, 2.45) is 0 Å². The number of benzene rings is 2. The van der Waals surface area contributed by atoms with Gasteiger partial charge in [0.25, 0.3) is 0 Å². The Bertz CT molecular complexity index is 1960. The zero-order valence-electron chi connectivity index (χ0n) is 21.3. The lowest BCUT2D eigenvalue weighted by Crippen LogP contribution is -2.14. The maximum atomic E-state index is 13.9. The standard InChI is InChI=1S/C29H17ClF3N9/c30-18-8-22-26(38-20-10-23(32)29(33)37-13-20)17(11-34)12-36-28(22)24(9-18)39-27(16-3-5-19(31)6-4-16)25-15-42(41-40-25)21-2-1-7-35-14-21/h1-10,12-15,27,39H,(H,36,38)/t27-/m0/s1. The fourth-order valence-electron chi connectivity index (χ4n) is 4.39. The Morgan fingerprint density at radius 1 is 0.976 bits per heavy atom. The second-order valence-electron chi connectivity index (χ2n) is 9.06. The van der Waals surface area contributed by atoms with Crippen molar-refractivity contribution in [2.75, 3.05) is 10.6 Å². The molecule has 0 aliphatic rings. The van der Waals surface area contributed by atoms with Crippen LogP contribution in [0.15, 0.2) is 85.6 Å². The van der Waals surface area contributed by atoms with Crippen molar-refractivity contribution < 1.29 is 13.2 Å². The van der Waals surface area contributed by atoms with E-state index in [9.17, 15) is 18.4 Å². The minimum absolute atomic E-state index is 0.114. The van der Waals surface area contributed by atoms with Gasteiger partial charge in [0.1, 0.15) is 17.6 Å². The van der Waals surface area contributed by atoms with Crippen LogP contribution < -0.4 is 10.6 Å². The van der Waals surface area contributed by atoms with E-state index in [1.165, 1.54) is 18.3 Å². The largest absolute Gasteiger partial charge is 0.371 e. The predicted octanol–water partition coefficient (Wildman–Crippen LogP) is 6.49. The highest BCUT2D eigenvalue weighted by Gasteiger charge is 2.22. The van der Waals surface area contributed by atoms with Crippen LogP contribution in [0.2, 0.25) is 5.02 Å². The third-order valence-electron chi connectivity index (χ3n) is 6.34. The van der Waals surface area contributed by atoms with Gasteiger partial charge in [-0.15, -0.1) is 5.10 Å². The zero-order chi connectivity index (χ0) is 29.2. The lowest BCUT2D eigenvalue weighted by Gasteiger charge is -2.21. The molecular weight excluding hydrogens is 567 g/mol. The molecular formula is C29H17ClF3N9. The molecule has 0 aliphatic carbocycles. The van der Waals surface area contributed by atoms with Crippen LogP contribution in [0.25, 0.3) is 16.6 Å². The lowest BCUT2D eigenvalue weighted by atomic mass is 10.0. The van der Waals surface area contributed by atoms with Crippen LogP contribution in [0, 0.1) is 28.9 Å². The molecule has 0 saturated heterocycles. The first-order chi connectivity index (χ1) is 20.4. The number of rotatable bonds is 7. The summed E-state index contributed by atoms with van der Waals surface area (Å²) in [5.41, 5.74) is 3.23. The Balaban J connectivity index is 1.46. The summed E-state index contributed by atoms with van der Waals surface area (Å²) in [6.45, 7) is 0. The first kappa shape index (κ1) is 26.7. The summed E-state index contributed by atoms with van der Waals surface area (Å²) in [6, 6.07) is 15.1. The normalized spacial score (nSPS) is 11.7. The maximum Gasteiger partial charge on any atom is 0.249 e. The molecule has 0 saturated carbocycles. The van der Waals surface area contributed by atoms with Gasteiger partial charge in [0.05, 0.1) is 58.5 Å². The lowest BCUT2D eigenvalue weighted by molar-refractivity contribution is 0.480. The first-order valence-corrected chi connectivity index (χ1v) is 12.7. The first-order valence-electron chi connectivity index (χ1n) is 12.3. The van der Waals surface area contributed by atoms with Crippen molar-refractivity contribution in [2.45, 2.75) is 6.04 Å². The van der Waals surface area contributed by atoms with Crippen molar-refractivity contribution >= 4 is 39.6 Å². The summed E-state index contributed by atoms with van der Waals surface area (Å²) in [4.78, 5) is 12.0. The molecule has 1 atom stereocenters. The number of nitriles is 1. The minimum Gasteiger partial charge on any atom is -0.371 e. The molecule has 4 aromatic heterocycles. The summed E-state index contributed by atoms with van der Waals surface area (Å²) in [5, 5.41) is 25.4. The van der Waals surface area contributed by atoms with E-state index < -0.39 is 23.6 Å². The SMILES string of the molecule is N#Cc1cnc2c(N[C@@H](c3ccc(F)cc3)c3cn(-c4cccnc4)nn3)cc(Cl)cc2c1Nc1cnc(F)c(F)c1. The fourth-order valence-corrected chi connectivity index (χ4v) is 4.61. The van der Waals surface area contributed by atoms with E-state index in [0.717, 1.165) is 12.3 Å². The molecule has 42 heavy (non-hydrogen) atoms. The van der Waals surface area contributed by atoms with E-state index in [1.54, 1.807) is 53.6 Å². The number of nitrogens with zero attached hydrogens (tertiary/aromatic N) is 7. The molecule has 0 bridgehead atoms. The third-order valence-corrected chi connectivity index (χ3v) is 6.56. The van der Waals surface area contributed by atoms with Gasteiger partial charge >= 0.3 is 0 Å². The van der Waals surface area contributed by atoms with E-state index in [0.29, 0.717) is 38.6 Å². The summed E-state index contributed by atoms with van der Waals surface area (Å²) < 4.78 is 42.7. The molecule has 9 nitrogen and oxygen atoms in total. The van der Waals surface area contributed by atoms with Crippen LogP contribution in [0.3, 0.4) is 0 Å². The van der Waals surface area contributed by atoms with E-state index in [2.05, 4.69) is 42.0 Å². The quantitative estimate of drug-likeness (QED) is 0.205. The van der Waals surface area contributed by atoms with Crippen molar-refractivity contribution in [3.8, 4) is 11.8 Å². The topological polar surface area (TPSA) is 117 Å². The predicted molar refractivity (Wildman–Crippen MR) is 150 cm³/mol. The number of hydrogen-bond acceptors (Lipinski definition) is 8. The van der Waals surface area contributed by atoms with Gasteiger partial charge in [-0.1, -0.05) is 28.9 Å². The molecule has 4 heterocycles. The summed E-state index contributed by atoms with van der Waals surface area (Å²) >= 11 is 6.53. The second kappa shape index (κ2) is 11.1. The third kappa shape index (κ3) is 5.28. The van der Waals surface area contributed by atoms with E-state index in [1.807, 2.05) is 6.07 Å². The van der Waals surface area contributed by atoms with Crippen LogP contribution >= 0.6 is 11.6 Å².